The van der Waals surface area contributed by atoms with Crippen LogP contribution in [0.2, 0.25) is 0 Å². The van der Waals surface area contributed by atoms with Gasteiger partial charge in [0.2, 0.25) is 0 Å². The fourth-order valence-electron chi connectivity index (χ4n) is 2.77. The van der Waals surface area contributed by atoms with Crippen molar-refractivity contribution >= 4 is 5.97 Å². The summed E-state index contributed by atoms with van der Waals surface area (Å²) in [6, 6.07) is 0.524. The predicted molar refractivity (Wildman–Crippen MR) is 72.3 cm³/mol. The van der Waals surface area contributed by atoms with E-state index in [1.807, 2.05) is 0 Å². The molecule has 19 heavy (non-hydrogen) atoms. The minimum atomic E-state index is -0.837. The van der Waals surface area contributed by atoms with Crippen molar-refractivity contribution < 1.29 is 14.6 Å². The fraction of sp³-hybridized carbons (Fsp3) is 0.923. The van der Waals surface area contributed by atoms with Crippen LogP contribution in [0.4, 0.5) is 0 Å². The Hall–Kier alpha value is -0.690. The van der Waals surface area contributed by atoms with E-state index in [1.54, 1.807) is 0 Å². The number of hydrogen-bond donors (Lipinski definition) is 2. The van der Waals surface area contributed by atoms with Gasteiger partial charge in [-0.05, 0) is 26.9 Å². The molecule has 0 radical (unpaired) electrons. The van der Waals surface area contributed by atoms with Gasteiger partial charge in [0.15, 0.2) is 6.10 Å². The lowest BCUT2D eigenvalue weighted by Gasteiger charge is -2.38. The van der Waals surface area contributed by atoms with Crippen LogP contribution >= 0.6 is 0 Å². The third-order valence-electron chi connectivity index (χ3n) is 4.12. The van der Waals surface area contributed by atoms with Gasteiger partial charge in [0, 0.05) is 38.8 Å². The number of nitrogens with one attached hydrogen (secondary N) is 1. The van der Waals surface area contributed by atoms with Crippen molar-refractivity contribution in [1.29, 1.82) is 0 Å². The van der Waals surface area contributed by atoms with E-state index in [2.05, 4.69) is 29.2 Å². The van der Waals surface area contributed by atoms with Gasteiger partial charge >= 0.3 is 5.97 Å². The highest BCUT2D eigenvalue weighted by molar-refractivity contribution is 5.72. The molecule has 3 unspecified atom stereocenters. The third-order valence-corrected chi connectivity index (χ3v) is 4.12. The lowest BCUT2D eigenvalue weighted by Crippen LogP contribution is -2.54. The summed E-state index contributed by atoms with van der Waals surface area (Å²) >= 11 is 0. The van der Waals surface area contributed by atoms with Gasteiger partial charge in [-0.15, -0.1) is 0 Å². The summed E-state index contributed by atoms with van der Waals surface area (Å²) in [5, 5.41) is 12.3. The van der Waals surface area contributed by atoms with E-state index in [0.717, 1.165) is 39.1 Å². The summed E-state index contributed by atoms with van der Waals surface area (Å²) in [6.07, 6.45) is 0.918. The van der Waals surface area contributed by atoms with E-state index >= 15 is 0 Å². The molecule has 2 fully saturated rings. The fourth-order valence-corrected chi connectivity index (χ4v) is 2.77. The minimum Gasteiger partial charge on any atom is -0.479 e. The first-order chi connectivity index (χ1) is 9.06. The highest BCUT2D eigenvalue weighted by Gasteiger charge is 2.30. The monoisotopic (exact) mass is 271 g/mol. The summed E-state index contributed by atoms with van der Waals surface area (Å²) in [5.41, 5.74) is 0. The van der Waals surface area contributed by atoms with E-state index in [0.29, 0.717) is 12.5 Å². The Morgan fingerprint density at radius 2 is 2.11 bits per heavy atom. The molecule has 0 aromatic heterocycles. The SMILES string of the molecule is CN1CCN(C)C(CNCC2CCC(C(=O)O)O2)C1. The maximum Gasteiger partial charge on any atom is 0.332 e. The summed E-state index contributed by atoms with van der Waals surface area (Å²) < 4.78 is 5.47. The van der Waals surface area contributed by atoms with E-state index in [1.165, 1.54) is 0 Å². The van der Waals surface area contributed by atoms with Gasteiger partial charge in [-0.3, -0.25) is 4.90 Å². The molecule has 2 aliphatic rings. The van der Waals surface area contributed by atoms with Crippen molar-refractivity contribution in [2.45, 2.75) is 31.1 Å². The van der Waals surface area contributed by atoms with Crippen molar-refractivity contribution in [2.75, 3.05) is 46.8 Å². The number of carboxylic acids is 1. The number of hydrogen-bond acceptors (Lipinski definition) is 5. The van der Waals surface area contributed by atoms with Gasteiger partial charge in [0.05, 0.1) is 6.10 Å². The van der Waals surface area contributed by atoms with Crippen molar-refractivity contribution in [3.05, 3.63) is 0 Å². The number of carbonyl (C=O) groups is 1. The van der Waals surface area contributed by atoms with Crippen LogP contribution in [0, 0.1) is 0 Å². The number of carboxylic acid groups (broad SMARTS) is 1. The first kappa shape index (κ1) is 14.7. The number of likely N-dealkylation sites (N-methyl/N-ethyl adjacent to an activating group) is 2. The average Bonchev–Trinajstić information content (AvgIpc) is 2.82. The molecule has 0 aromatic carbocycles. The van der Waals surface area contributed by atoms with Crippen molar-refractivity contribution in [2.24, 2.45) is 0 Å². The minimum absolute atomic E-state index is 0.0488. The van der Waals surface area contributed by atoms with Crippen molar-refractivity contribution in [3.8, 4) is 0 Å². The average molecular weight is 271 g/mol. The van der Waals surface area contributed by atoms with E-state index in [-0.39, 0.29) is 6.10 Å². The van der Waals surface area contributed by atoms with Crippen molar-refractivity contribution in [1.82, 2.24) is 15.1 Å². The van der Waals surface area contributed by atoms with Crippen LogP contribution < -0.4 is 5.32 Å². The Labute approximate surface area is 114 Å². The van der Waals surface area contributed by atoms with Crippen LogP contribution in [0.25, 0.3) is 0 Å². The lowest BCUT2D eigenvalue weighted by molar-refractivity contribution is -0.149. The number of nitrogens with zero attached hydrogens (tertiary/aromatic N) is 2. The molecule has 0 amide bonds. The van der Waals surface area contributed by atoms with Gasteiger partial charge in [-0.25, -0.2) is 4.79 Å². The van der Waals surface area contributed by atoms with Crippen LogP contribution in [0.1, 0.15) is 12.8 Å². The zero-order chi connectivity index (χ0) is 13.8. The molecule has 2 rings (SSSR count). The Balaban J connectivity index is 1.65. The number of piperazine rings is 1. The van der Waals surface area contributed by atoms with Crippen LogP contribution in [-0.2, 0) is 9.53 Å². The van der Waals surface area contributed by atoms with Gasteiger partial charge < -0.3 is 20.1 Å². The van der Waals surface area contributed by atoms with Gasteiger partial charge in [0.25, 0.3) is 0 Å². The molecule has 0 aromatic rings. The molecule has 2 saturated heterocycles. The quantitative estimate of drug-likeness (QED) is 0.700. The van der Waals surface area contributed by atoms with Gasteiger partial charge in [-0.2, -0.15) is 0 Å². The molecule has 2 N–H and O–H groups in total. The highest BCUT2D eigenvalue weighted by Crippen LogP contribution is 2.19. The zero-order valence-corrected chi connectivity index (χ0v) is 11.8. The molecule has 0 spiro atoms. The molecule has 6 heteroatoms. The molecule has 2 aliphatic heterocycles. The second kappa shape index (κ2) is 6.65. The Kier molecular flexibility index (Phi) is 5.15. The first-order valence-corrected chi connectivity index (χ1v) is 7.04. The van der Waals surface area contributed by atoms with Crippen LogP contribution in [0.5, 0.6) is 0 Å². The van der Waals surface area contributed by atoms with E-state index < -0.39 is 12.1 Å². The second-order valence-corrected chi connectivity index (χ2v) is 5.72. The summed E-state index contributed by atoms with van der Waals surface area (Å²) in [5.74, 6) is -0.837. The molecule has 0 bridgehead atoms. The summed E-state index contributed by atoms with van der Waals surface area (Å²) in [7, 11) is 4.31. The summed E-state index contributed by atoms with van der Waals surface area (Å²) in [4.78, 5) is 15.5. The second-order valence-electron chi connectivity index (χ2n) is 5.72. The predicted octanol–water partition coefficient (Wildman–Crippen LogP) is -0.546. The Morgan fingerprint density at radius 3 is 2.79 bits per heavy atom. The molecule has 110 valence electrons. The summed E-state index contributed by atoms with van der Waals surface area (Å²) in [6.45, 7) is 4.98. The van der Waals surface area contributed by atoms with E-state index in [9.17, 15) is 4.79 Å². The zero-order valence-electron chi connectivity index (χ0n) is 11.8. The Bertz CT molecular complexity index is 314. The van der Waals surface area contributed by atoms with Gasteiger partial charge in [0.1, 0.15) is 0 Å². The van der Waals surface area contributed by atoms with Crippen molar-refractivity contribution in [3.63, 3.8) is 0 Å². The number of rotatable bonds is 5. The third kappa shape index (κ3) is 4.14. The maximum absolute atomic E-state index is 10.8. The van der Waals surface area contributed by atoms with Crippen LogP contribution in [-0.4, -0.2) is 85.9 Å². The maximum atomic E-state index is 10.8. The molecular weight excluding hydrogens is 246 g/mol. The smallest absolute Gasteiger partial charge is 0.332 e. The molecule has 2 heterocycles. The normalized spacial score (nSPS) is 33.7. The van der Waals surface area contributed by atoms with Gasteiger partial charge in [-0.1, -0.05) is 0 Å². The highest BCUT2D eigenvalue weighted by atomic mass is 16.5. The molecule has 3 atom stereocenters. The molecular formula is C13H25N3O3. The van der Waals surface area contributed by atoms with E-state index in [4.69, 9.17) is 9.84 Å². The first-order valence-electron chi connectivity index (χ1n) is 7.04. The number of aliphatic carboxylic acids is 1. The molecule has 6 nitrogen and oxygen atoms in total. The number of ether oxygens (including phenoxy) is 1. The Morgan fingerprint density at radius 1 is 1.32 bits per heavy atom. The van der Waals surface area contributed by atoms with Crippen LogP contribution in [0.3, 0.4) is 0 Å². The van der Waals surface area contributed by atoms with Crippen LogP contribution in [0.15, 0.2) is 0 Å². The molecule has 0 saturated carbocycles. The topological polar surface area (TPSA) is 65.0 Å². The lowest BCUT2D eigenvalue weighted by atomic mass is 10.1. The molecule has 0 aliphatic carbocycles. The largest absolute Gasteiger partial charge is 0.479 e. The standard InChI is InChI=1S/C13H25N3O3/c1-15-5-6-16(2)10(9-15)7-14-8-11-3-4-12(19-11)13(17)18/h10-12,14H,3-9H2,1-2H3,(H,17,18).